The second kappa shape index (κ2) is 4.22. The summed E-state index contributed by atoms with van der Waals surface area (Å²) in [5.41, 5.74) is 0. The Labute approximate surface area is 103 Å². The number of thiophene rings is 1. The van der Waals surface area contributed by atoms with Crippen molar-refractivity contribution in [2.75, 3.05) is 0 Å². The lowest BCUT2D eigenvalue weighted by atomic mass is 10.0. The number of carbonyl (C=O) groups excluding carboxylic acids is 1. The fourth-order valence-corrected chi connectivity index (χ4v) is 3.59. The number of halogens is 1. The highest BCUT2D eigenvalue weighted by Crippen LogP contribution is 2.33. The molecule has 1 saturated carbocycles. The molecule has 3 rings (SSSR count). The molecule has 0 unspecified atom stereocenters. The maximum absolute atomic E-state index is 13.1. The summed E-state index contributed by atoms with van der Waals surface area (Å²) < 4.78 is 14.1. The predicted molar refractivity (Wildman–Crippen MR) is 68.1 cm³/mol. The van der Waals surface area contributed by atoms with E-state index in [1.54, 1.807) is 6.07 Å². The third-order valence-corrected chi connectivity index (χ3v) is 4.58. The van der Waals surface area contributed by atoms with Gasteiger partial charge in [0.05, 0.1) is 4.88 Å². The van der Waals surface area contributed by atoms with E-state index >= 15 is 0 Å². The summed E-state index contributed by atoms with van der Waals surface area (Å²) in [6.07, 6.45) is 4.36. The number of Topliss-reactive ketones (excluding diaryl/α,β-unsaturated/α-hetero) is 1. The molecule has 1 fully saturated rings. The van der Waals surface area contributed by atoms with E-state index in [0.29, 0.717) is 0 Å². The van der Waals surface area contributed by atoms with Gasteiger partial charge in [-0.15, -0.1) is 11.3 Å². The molecule has 3 heteroatoms. The molecule has 0 bridgehead atoms. The van der Waals surface area contributed by atoms with Crippen LogP contribution in [-0.2, 0) is 0 Å². The van der Waals surface area contributed by atoms with E-state index in [2.05, 4.69) is 0 Å². The third-order valence-electron chi connectivity index (χ3n) is 3.45. The summed E-state index contributed by atoms with van der Waals surface area (Å²) in [7, 11) is 0. The highest BCUT2D eigenvalue weighted by molar-refractivity contribution is 7.20. The van der Waals surface area contributed by atoms with Crippen molar-refractivity contribution >= 4 is 27.2 Å². The summed E-state index contributed by atoms with van der Waals surface area (Å²) in [6, 6.07) is 6.53. The Balaban J connectivity index is 1.97. The zero-order valence-corrected chi connectivity index (χ0v) is 10.2. The van der Waals surface area contributed by atoms with Crippen LogP contribution in [0.4, 0.5) is 4.39 Å². The van der Waals surface area contributed by atoms with Crippen LogP contribution < -0.4 is 0 Å². The van der Waals surface area contributed by atoms with Crippen molar-refractivity contribution < 1.29 is 9.18 Å². The summed E-state index contributed by atoms with van der Waals surface area (Å²) in [6.45, 7) is 0. The molecule has 0 aliphatic heterocycles. The Kier molecular flexibility index (Phi) is 2.71. The first-order valence-electron chi connectivity index (χ1n) is 5.97. The molecule has 0 atom stereocenters. The molecule has 2 aromatic rings. The Morgan fingerprint density at radius 2 is 2.00 bits per heavy atom. The van der Waals surface area contributed by atoms with Crippen molar-refractivity contribution in [3.63, 3.8) is 0 Å². The van der Waals surface area contributed by atoms with Crippen LogP contribution in [0.3, 0.4) is 0 Å². The Morgan fingerprint density at radius 1 is 1.24 bits per heavy atom. The van der Waals surface area contributed by atoms with Gasteiger partial charge in [0.2, 0.25) is 0 Å². The maximum Gasteiger partial charge on any atom is 0.175 e. The topological polar surface area (TPSA) is 17.1 Å². The van der Waals surface area contributed by atoms with Gasteiger partial charge in [-0.1, -0.05) is 12.8 Å². The van der Waals surface area contributed by atoms with Crippen molar-refractivity contribution in [2.24, 2.45) is 5.92 Å². The fraction of sp³-hybridized carbons (Fsp3) is 0.357. The quantitative estimate of drug-likeness (QED) is 0.719. The molecule has 88 valence electrons. The molecule has 0 amide bonds. The lowest BCUT2D eigenvalue weighted by molar-refractivity contribution is 0.0927. The zero-order valence-electron chi connectivity index (χ0n) is 9.41. The van der Waals surface area contributed by atoms with Crippen molar-refractivity contribution in [1.29, 1.82) is 0 Å². The van der Waals surface area contributed by atoms with Crippen LogP contribution in [0.1, 0.15) is 35.4 Å². The van der Waals surface area contributed by atoms with E-state index in [0.717, 1.165) is 40.6 Å². The standard InChI is InChI=1S/C14H13FOS/c15-11-5-6-12-10(7-11)8-13(17-12)14(16)9-3-1-2-4-9/h5-9H,1-4H2. The van der Waals surface area contributed by atoms with E-state index < -0.39 is 0 Å². The Hall–Kier alpha value is -1.22. The molecule has 0 N–H and O–H groups in total. The van der Waals surface area contributed by atoms with Gasteiger partial charge in [-0.25, -0.2) is 4.39 Å². The molecule has 1 heterocycles. The Bertz CT molecular complexity index is 567. The van der Waals surface area contributed by atoms with Crippen molar-refractivity contribution in [3.8, 4) is 0 Å². The second-order valence-corrected chi connectivity index (χ2v) is 5.72. The van der Waals surface area contributed by atoms with Crippen LogP contribution in [0.15, 0.2) is 24.3 Å². The lowest BCUT2D eigenvalue weighted by Gasteiger charge is -2.04. The van der Waals surface area contributed by atoms with Gasteiger partial charge < -0.3 is 0 Å². The molecular weight excluding hydrogens is 235 g/mol. The molecule has 1 nitrogen and oxygen atoms in total. The SMILES string of the molecule is O=C(c1cc2cc(F)ccc2s1)C1CCCC1. The molecule has 17 heavy (non-hydrogen) atoms. The summed E-state index contributed by atoms with van der Waals surface area (Å²) >= 11 is 1.48. The predicted octanol–water partition coefficient (Wildman–Crippen LogP) is 4.41. The smallest absolute Gasteiger partial charge is 0.175 e. The van der Waals surface area contributed by atoms with E-state index in [1.165, 1.54) is 23.5 Å². The molecule has 1 aliphatic rings. The number of carbonyl (C=O) groups is 1. The fourth-order valence-electron chi connectivity index (χ4n) is 2.52. The number of benzene rings is 1. The largest absolute Gasteiger partial charge is 0.293 e. The van der Waals surface area contributed by atoms with Gasteiger partial charge in [-0.2, -0.15) is 0 Å². The van der Waals surface area contributed by atoms with Gasteiger partial charge in [0.15, 0.2) is 5.78 Å². The van der Waals surface area contributed by atoms with E-state index in [9.17, 15) is 9.18 Å². The van der Waals surface area contributed by atoms with Crippen molar-refractivity contribution in [1.82, 2.24) is 0 Å². The van der Waals surface area contributed by atoms with Crippen LogP contribution in [-0.4, -0.2) is 5.78 Å². The zero-order chi connectivity index (χ0) is 11.8. The molecule has 0 saturated heterocycles. The number of hydrogen-bond acceptors (Lipinski definition) is 2. The highest BCUT2D eigenvalue weighted by atomic mass is 32.1. The minimum Gasteiger partial charge on any atom is -0.293 e. The number of rotatable bonds is 2. The number of ketones is 1. The van der Waals surface area contributed by atoms with E-state index in [1.807, 2.05) is 6.07 Å². The minimum atomic E-state index is -0.241. The van der Waals surface area contributed by atoms with Crippen LogP contribution in [0, 0.1) is 11.7 Å². The maximum atomic E-state index is 13.1. The molecule has 0 spiro atoms. The molecule has 1 aromatic heterocycles. The average Bonchev–Trinajstić information content (AvgIpc) is 2.96. The van der Waals surface area contributed by atoms with Crippen LogP contribution >= 0.6 is 11.3 Å². The van der Waals surface area contributed by atoms with Gasteiger partial charge in [-0.3, -0.25) is 4.79 Å². The number of hydrogen-bond donors (Lipinski definition) is 0. The van der Waals surface area contributed by atoms with Crippen LogP contribution in [0.5, 0.6) is 0 Å². The van der Waals surface area contributed by atoms with Gasteiger partial charge in [0.1, 0.15) is 5.82 Å². The van der Waals surface area contributed by atoms with Crippen molar-refractivity contribution in [3.05, 3.63) is 35.0 Å². The molecule has 1 aromatic carbocycles. The van der Waals surface area contributed by atoms with Gasteiger partial charge in [-0.05, 0) is 42.5 Å². The average molecular weight is 248 g/mol. The lowest BCUT2D eigenvalue weighted by Crippen LogP contribution is -2.08. The first-order valence-corrected chi connectivity index (χ1v) is 6.79. The first kappa shape index (κ1) is 10.9. The van der Waals surface area contributed by atoms with Crippen LogP contribution in [0.2, 0.25) is 0 Å². The normalized spacial score (nSPS) is 16.8. The molecular formula is C14H13FOS. The van der Waals surface area contributed by atoms with E-state index in [4.69, 9.17) is 0 Å². The highest BCUT2D eigenvalue weighted by Gasteiger charge is 2.25. The second-order valence-electron chi connectivity index (χ2n) is 4.64. The molecule has 0 radical (unpaired) electrons. The summed E-state index contributed by atoms with van der Waals surface area (Å²) in [4.78, 5) is 13.0. The summed E-state index contributed by atoms with van der Waals surface area (Å²) in [5, 5.41) is 0.844. The third kappa shape index (κ3) is 2.00. The van der Waals surface area contributed by atoms with Crippen molar-refractivity contribution in [2.45, 2.75) is 25.7 Å². The monoisotopic (exact) mass is 248 g/mol. The first-order chi connectivity index (χ1) is 8.24. The Morgan fingerprint density at radius 3 is 2.76 bits per heavy atom. The number of fused-ring (bicyclic) bond motifs is 1. The summed E-state index contributed by atoms with van der Waals surface area (Å²) in [5.74, 6) is 0.215. The molecule has 1 aliphatic carbocycles. The van der Waals surface area contributed by atoms with Gasteiger partial charge in [0, 0.05) is 10.6 Å². The van der Waals surface area contributed by atoms with E-state index in [-0.39, 0.29) is 17.5 Å². The van der Waals surface area contributed by atoms with Gasteiger partial charge >= 0.3 is 0 Å². The van der Waals surface area contributed by atoms with Gasteiger partial charge in [0.25, 0.3) is 0 Å². The minimum absolute atomic E-state index is 0.202. The van der Waals surface area contributed by atoms with Crippen LogP contribution in [0.25, 0.3) is 10.1 Å².